The molecule has 8 rings (SSSR count). The van der Waals surface area contributed by atoms with Gasteiger partial charge in [-0.05, 0) is 92.8 Å². The Kier molecular flexibility index (Phi) is 9.53. The van der Waals surface area contributed by atoms with Gasteiger partial charge in [-0.15, -0.1) is 0 Å². The summed E-state index contributed by atoms with van der Waals surface area (Å²) in [6.07, 6.45) is 2.97. The van der Waals surface area contributed by atoms with Gasteiger partial charge in [-0.3, -0.25) is 14.4 Å². The molecule has 2 heterocycles. The molecule has 2 atom stereocenters. The monoisotopic (exact) mass is 745 g/mol. The van der Waals surface area contributed by atoms with Gasteiger partial charge in [0.2, 0.25) is 11.8 Å². The molecule has 12 heteroatoms. The Bertz CT molecular complexity index is 2020. The van der Waals surface area contributed by atoms with Crippen LogP contribution in [-0.4, -0.2) is 86.4 Å². The van der Waals surface area contributed by atoms with Crippen molar-refractivity contribution >= 4 is 35.2 Å². The van der Waals surface area contributed by atoms with Crippen molar-refractivity contribution in [2.24, 2.45) is 11.3 Å². The number of rotatable bonds is 11. The molecule has 4 amide bonds. The van der Waals surface area contributed by atoms with Crippen molar-refractivity contribution in [3.05, 3.63) is 77.9 Å². The molecule has 0 bridgehead atoms. The smallest absolute Gasteiger partial charge is 0.409 e. The van der Waals surface area contributed by atoms with E-state index in [4.69, 9.17) is 14.2 Å². The molecule has 3 aromatic rings. The summed E-state index contributed by atoms with van der Waals surface area (Å²) >= 11 is 0. The Morgan fingerprint density at radius 1 is 1.00 bits per heavy atom. The highest BCUT2D eigenvalue weighted by molar-refractivity contribution is 6.04. The standard InChI is InChI=1S/C43H47N5O7/c1-42(2)40(51)47(19-8-20-53-3)36-22-30(15-16-37(36)55-42)48(29-13-14-29)38(49)27-21-28(45-39(50)43(26-44)17-18-43)24-46(23-27)41(52)54-25-35-33-11-6-4-9-31(33)32-10-5-7-12-34(32)35/h4-7,9-12,15-16,22,27-29,35H,8,13-14,17-21,23-25H2,1-3H3,(H,45,50)/t27-,28+/m1/s1. The Balaban J connectivity index is 1.05. The van der Waals surface area contributed by atoms with E-state index in [9.17, 15) is 24.4 Å². The molecule has 3 fully saturated rings. The van der Waals surface area contributed by atoms with Crippen LogP contribution < -0.4 is 19.9 Å². The van der Waals surface area contributed by atoms with E-state index >= 15 is 0 Å². The molecule has 55 heavy (non-hydrogen) atoms. The second-order valence-electron chi connectivity index (χ2n) is 16.0. The number of nitrogens with zero attached hydrogens (tertiary/aromatic N) is 4. The number of methoxy groups -OCH3 is 1. The number of carbonyl (C=O) groups is 4. The average molecular weight is 746 g/mol. The summed E-state index contributed by atoms with van der Waals surface area (Å²) in [5.74, 6) is -0.952. The Labute approximate surface area is 321 Å². The maximum absolute atomic E-state index is 14.8. The Morgan fingerprint density at radius 3 is 2.33 bits per heavy atom. The third kappa shape index (κ3) is 6.91. The molecule has 0 unspecified atom stereocenters. The van der Waals surface area contributed by atoms with Crippen LogP contribution in [0.15, 0.2) is 66.7 Å². The van der Waals surface area contributed by atoms with Crippen molar-refractivity contribution in [2.75, 3.05) is 49.8 Å². The van der Waals surface area contributed by atoms with Crippen LogP contribution in [0.25, 0.3) is 11.1 Å². The topological polar surface area (TPSA) is 142 Å². The SMILES string of the molecule is COCCCN1C(=O)C(C)(C)Oc2ccc(N(C(=O)[C@@H]3C[C@H](NC(=O)C4(C#N)CC4)CN(C(=O)OCC4c5ccccc5-c5ccccc54)C3)C3CC3)cc21. The summed E-state index contributed by atoms with van der Waals surface area (Å²) in [7, 11) is 1.62. The van der Waals surface area contributed by atoms with Crippen LogP contribution in [0.4, 0.5) is 16.2 Å². The van der Waals surface area contributed by atoms with E-state index in [1.807, 2.05) is 42.5 Å². The van der Waals surface area contributed by atoms with E-state index in [0.717, 1.165) is 35.1 Å². The van der Waals surface area contributed by atoms with Gasteiger partial charge in [-0.25, -0.2) is 4.79 Å². The molecule has 3 aliphatic carbocycles. The van der Waals surface area contributed by atoms with E-state index in [0.29, 0.717) is 56.0 Å². The minimum absolute atomic E-state index is 0.0460. The molecule has 3 aromatic carbocycles. The molecule has 5 aliphatic rings. The third-order valence-electron chi connectivity index (χ3n) is 11.6. The quantitative estimate of drug-likeness (QED) is 0.244. The maximum atomic E-state index is 14.8. The highest BCUT2D eigenvalue weighted by Gasteiger charge is 2.52. The maximum Gasteiger partial charge on any atom is 0.409 e. The largest absolute Gasteiger partial charge is 0.476 e. The van der Waals surface area contributed by atoms with Crippen LogP contribution in [0.1, 0.15) is 69.4 Å². The number of likely N-dealkylation sites (tertiary alicyclic amines) is 1. The van der Waals surface area contributed by atoms with E-state index in [1.54, 1.807) is 30.8 Å². The second-order valence-corrected chi connectivity index (χ2v) is 16.0. The predicted molar refractivity (Wildman–Crippen MR) is 204 cm³/mol. The van der Waals surface area contributed by atoms with Gasteiger partial charge >= 0.3 is 6.09 Å². The van der Waals surface area contributed by atoms with Gasteiger partial charge in [-0.1, -0.05) is 48.5 Å². The number of hydrogen-bond acceptors (Lipinski definition) is 8. The fourth-order valence-electron chi connectivity index (χ4n) is 8.40. The number of ether oxygens (including phenoxy) is 3. The molecule has 1 N–H and O–H groups in total. The van der Waals surface area contributed by atoms with Crippen LogP contribution in [-0.2, 0) is 23.9 Å². The zero-order chi connectivity index (χ0) is 38.5. The number of anilines is 2. The van der Waals surface area contributed by atoms with Crippen molar-refractivity contribution in [3.63, 3.8) is 0 Å². The normalized spacial score (nSPS) is 21.7. The van der Waals surface area contributed by atoms with Crippen molar-refractivity contribution in [3.8, 4) is 22.9 Å². The molecule has 0 aromatic heterocycles. The van der Waals surface area contributed by atoms with Crippen LogP contribution in [0.5, 0.6) is 5.75 Å². The van der Waals surface area contributed by atoms with E-state index < -0.39 is 29.1 Å². The highest BCUT2D eigenvalue weighted by atomic mass is 16.6. The first-order valence-electron chi connectivity index (χ1n) is 19.3. The second kappa shape index (κ2) is 14.3. The molecule has 1 saturated heterocycles. The Hall–Kier alpha value is -5.41. The summed E-state index contributed by atoms with van der Waals surface area (Å²) in [5.41, 5.74) is 3.56. The molecule has 0 radical (unpaired) electrons. The van der Waals surface area contributed by atoms with Gasteiger partial charge in [0.1, 0.15) is 17.8 Å². The average Bonchev–Trinajstić information content (AvgIpc) is 4.13. The van der Waals surface area contributed by atoms with E-state index in [2.05, 4.69) is 35.7 Å². The summed E-state index contributed by atoms with van der Waals surface area (Å²) in [4.78, 5) is 60.6. The molecule has 2 aliphatic heterocycles. The summed E-state index contributed by atoms with van der Waals surface area (Å²) in [5, 5.41) is 12.7. The zero-order valence-electron chi connectivity index (χ0n) is 31.6. The molecular weight excluding hydrogens is 699 g/mol. The van der Waals surface area contributed by atoms with Crippen molar-refractivity contribution < 1.29 is 33.4 Å². The van der Waals surface area contributed by atoms with Crippen LogP contribution in [0.3, 0.4) is 0 Å². The minimum atomic E-state index is -1.06. The van der Waals surface area contributed by atoms with Gasteiger partial charge in [0.15, 0.2) is 5.60 Å². The lowest BCUT2D eigenvalue weighted by atomic mass is 9.92. The lowest BCUT2D eigenvalue weighted by molar-refractivity contribution is -0.132. The number of amides is 4. The van der Waals surface area contributed by atoms with Gasteiger partial charge in [-0.2, -0.15) is 5.26 Å². The number of hydrogen-bond donors (Lipinski definition) is 1. The lowest BCUT2D eigenvalue weighted by Gasteiger charge is -2.40. The molecule has 2 saturated carbocycles. The van der Waals surface area contributed by atoms with Crippen LogP contribution in [0.2, 0.25) is 0 Å². The predicted octanol–water partition coefficient (Wildman–Crippen LogP) is 5.78. The highest BCUT2D eigenvalue weighted by Crippen LogP contribution is 2.47. The minimum Gasteiger partial charge on any atom is -0.476 e. The van der Waals surface area contributed by atoms with Crippen LogP contribution >= 0.6 is 0 Å². The van der Waals surface area contributed by atoms with Gasteiger partial charge in [0, 0.05) is 57.0 Å². The van der Waals surface area contributed by atoms with Crippen molar-refractivity contribution in [2.45, 2.75) is 76.0 Å². The van der Waals surface area contributed by atoms with Gasteiger partial charge in [0.05, 0.1) is 17.7 Å². The van der Waals surface area contributed by atoms with E-state index in [1.165, 1.54) is 4.90 Å². The molecule has 286 valence electrons. The number of benzene rings is 3. The van der Waals surface area contributed by atoms with Crippen molar-refractivity contribution in [1.29, 1.82) is 5.26 Å². The van der Waals surface area contributed by atoms with Crippen molar-refractivity contribution in [1.82, 2.24) is 10.2 Å². The molecule has 0 spiro atoms. The van der Waals surface area contributed by atoms with Gasteiger partial charge < -0.3 is 34.2 Å². The summed E-state index contributed by atoms with van der Waals surface area (Å²) in [6, 6.07) is 23.3. The fourth-order valence-corrected chi connectivity index (χ4v) is 8.40. The van der Waals surface area contributed by atoms with E-state index in [-0.39, 0.29) is 49.4 Å². The number of fused-ring (bicyclic) bond motifs is 4. The summed E-state index contributed by atoms with van der Waals surface area (Å²) in [6.45, 7) is 4.80. The Morgan fingerprint density at radius 2 is 1.69 bits per heavy atom. The number of piperidine rings is 1. The molecule has 12 nitrogen and oxygen atoms in total. The van der Waals surface area contributed by atoms with Crippen LogP contribution in [0, 0.1) is 22.7 Å². The zero-order valence-corrected chi connectivity index (χ0v) is 31.6. The molecular formula is C43H47N5O7. The first kappa shape index (κ1) is 36.6. The third-order valence-corrected chi connectivity index (χ3v) is 11.6. The first-order chi connectivity index (χ1) is 26.5. The number of nitrogens with one attached hydrogen (secondary N) is 1. The lowest BCUT2D eigenvalue weighted by Crippen LogP contribution is -2.57. The first-order valence-corrected chi connectivity index (χ1v) is 19.3. The summed E-state index contributed by atoms with van der Waals surface area (Å²) < 4.78 is 17.4. The fraction of sp³-hybridized carbons (Fsp3) is 0.465. The number of nitriles is 1. The van der Waals surface area contributed by atoms with Gasteiger partial charge in [0.25, 0.3) is 5.91 Å². The number of carbonyl (C=O) groups excluding carboxylic acids is 4.